The fourth-order valence-electron chi connectivity index (χ4n) is 2.49. The molecule has 0 bridgehead atoms. The van der Waals surface area contributed by atoms with E-state index in [2.05, 4.69) is 6.92 Å². The summed E-state index contributed by atoms with van der Waals surface area (Å²) < 4.78 is 0. The number of rotatable bonds is 15. The molecule has 0 aromatic carbocycles. The van der Waals surface area contributed by atoms with E-state index in [0.29, 0.717) is 0 Å². The Bertz CT molecular complexity index is 258. The summed E-state index contributed by atoms with van der Waals surface area (Å²) in [4.78, 5) is 10.6. The van der Waals surface area contributed by atoms with E-state index in [1.165, 1.54) is 77.0 Å². The molecule has 0 aliphatic rings. The molecule has 124 valence electrons. The zero-order valence-corrected chi connectivity index (χ0v) is 14.3. The first-order valence-electron chi connectivity index (χ1n) is 9.08. The maximum atomic E-state index is 10.6. The van der Waals surface area contributed by atoms with Crippen LogP contribution >= 0.6 is 0 Å². The maximum absolute atomic E-state index is 10.6. The molecule has 0 saturated carbocycles. The Labute approximate surface area is 132 Å². The Morgan fingerprint density at radius 1 is 0.857 bits per heavy atom. The fraction of sp³-hybridized carbons (Fsp3) is 0.842. The van der Waals surface area contributed by atoms with Crippen LogP contribution in [-0.2, 0) is 4.79 Å². The normalized spacial score (nSPS) is 12.9. The largest absolute Gasteiger partial charge is 0.481 e. The van der Waals surface area contributed by atoms with E-state index >= 15 is 0 Å². The van der Waals surface area contributed by atoms with Crippen LogP contribution in [0, 0.1) is 5.92 Å². The monoisotopic (exact) mass is 296 g/mol. The smallest absolute Gasteiger partial charge is 0.310 e. The summed E-state index contributed by atoms with van der Waals surface area (Å²) in [6.45, 7) is 3.99. The standard InChI is InChI=1S/C19H36O2/c1-3-4-5-6-7-8-9-10-11-12-13-14-15-16-17-18(2)19(20)21/h16-18H,3-15H2,1-2H3,(H,20,21). The molecular weight excluding hydrogens is 260 g/mol. The molecule has 0 saturated heterocycles. The SMILES string of the molecule is CCCCCCCCCCCCCCC=CC(C)C(=O)O. The lowest BCUT2D eigenvalue weighted by Gasteiger charge is -2.02. The Morgan fingerprint density at radius 2 is 1.29 bits per heavy atom. The van der Waals surface area contributed by atoms with Gasteiger partial charge in [-0.2, -0.15) is 0 Å². The highest BCUT2D eigenvalue weighted by Crippen LogP contribution is 2.12. The van der Waals surface area contributed by atoms with Gasteiger partial charge in [-0.25, -0.2) is 0 Å². The summed E-state index contributed by atoms with van der Waals surface area (Å²) in [6, 6.07) is 0. The molecule has 2 heteroatoms. The molecule has 2 nitrogen and oxygen atoms in total. The van der Waals surface area contributed by atoms with Gasteiger partial charge < -0.3 is 5.11 Å². The minimum absolute atomic E-state index is 0.345. The van der Waals surface area contributed by atoms with E-state index < -0.39 is 5.97 Å². The van der Waals surface area contributed by atoms with Gasteiger partial charge in [0, 0.05) is 0 Å². The van der Waals surface area contributed by atoms with Crippen molar-refractivity contribution in [2.75, 3.05) is 0 Å². The highest BCUT2D eigenvalue weighted by Gasteiger charge is 2.04. The third-order valence-electron chi connectivity index (χ3n) is 4.04. The number of carbonyl (C=O) groups is 1. The molecule has 0 spiro atoms. The number of allylic oxidation sites excluding steroid dienone is 1. The quantitative estimate of drug-likeness (QED) is 0.282. The van der Waals surface area contributed by atoms with Crippen molar-refractivity contribution in [2.45, 2.75) is 97.3 Å². The first kappa shape index (κ1) is 20.2. The summed E-state index contributed by atoms with van der Waals surface area (Å²) in [5.41, 5.74) is 0. The van der Waals surface area contributed by atoms with Gasteiger partial charge in [0.15, 0.2) is 0 Å². The van der Waals surface area contributed by atoms with E-state index in [4.69, 9.17) is 5.11 Å². The van der Waals surface area contributed by atoms with Crippen LogP contribution in [0.2, 0.25) is 0 Å². The molecule has 1 N–H and O–H groups in total. The molecule has 0 aromatic rings. The third kappa shape index (κ3) is 15.4. The summed E-state index contributed by atoms with van der Waals surface area (Å²) in [5.74, 6) is -1.08. The van der Waals surface area contributed by atoms with Crippen LogP contribution in [0.5, 0.6) is 0 Å². The van der Waals surface area contributed by atoms with Crippen LogP contribution in [0.25, 0.3) is 0 Å². The second kappa shape index (κ2) is 15.6. The Kier molecular flexibility index (Phi) is 15.0. The number of unbranched alkanes of at least 4 members (excludes halogenated alkanes) is 12. The van der Waals surface area contributed by atoms with Crippen LogP contribution in [0.4, 0.5) is 0 Å². The molecule has 0 rings (SSSR count). The summed E-state index contributed by atoms with van der Waals surface area (Å²) in [5, 5.41) is 8.73. The number of carboxylic acids is 1. The highest BCUT2D eigenvalue weighted by molar-refractivity contribution is 5.71. The first-order chi connectivity index (χ1) is 10.2. The maximum Gasteiger partial charge on any atom is 0.310 e. The lowest BCUT2D eigenvalue weighted by Crippen LogP contribution is -2.05. The van der Waals surface area contributed by atoms with Gasteiger partial charge in [0.1, 0.15) is 0 Å². The van der Waals surface area contributed by atoms with Crippen LogP contribution in [-0.4, -0.2) is 11.1 Å². The summed E-state index contributed by atoms with van der Waals surface area (Å²) in [6.07, 6.45) is 21.2. The number of carboxylic acid groups (broad SMARTS) is 1. The third-order valence-corrected chi connectivity index (χ3v) is 4.04. The van der Waals surface area contributed by atoms with Gasteiger partial charge in [-0.1, -0.05) is 89.7 Å². The van der Waals surface area contributed by atoms with Crippen LogP contribution in [0.3, 0.4) is 0 Å². The van der Waals surface area contributed by atoms with Crippen LogP contribution in [0.1, 0.15) is 97.3 Å². The van der Waals surface area contributed by atoms with Gasteiger partial charge in [-0.3, -0.25) is 4.79 Å². The molecule has 0 radical (unpaired) electrons. The van der Waals surface area contributed by atoms with Crippen molar-refractivity contribution in [3.63, 3.8) is 0 Å². The van der Waals surface area contributed by atoms with Gasteiger partial charge in [-0.05, 0) is 19.8 Å². The second-order valence-electron chi connectivity index (χ2n) is 6.23. The van der Waals surface area contributed by atoms with Crippen molar-refractivity contribution in [3.8, 4) is 0 Å². The van der Waals surface area contributed by atoms with Gasteiger partial charge in [0.2, 0.25) is 0 Å². The van der Waals surface area contributed by atoms with Crippen molar-refractivity contribution in [2.24, 2.45) is 5.92 Å². The fourth-order valence-corrected chi connectivity index (χ4v) is 2.49. The lowest BCUT2D eigenvalue weighted by atomic mass is 10.0. The van der Waals surface area contributed by atoms with Crippen LogP contribution in [0.15, 0.2) is 12.2 Å². The van der Waals surface area contributed by atoms with E-state index in [0.717, 1.165) is 6.42 Å². The second-order valence-corrected chi connectivity index (χ2v) is 6.23. The van der Waals surface area contributed by atoms with E-state index in [9.17, 15) is 4.79 Å². The minimum atomic E-state index is -0.735. The van der Waals surface area contributed by atoms with Crippen molar-refractivity contribution in [1.29, 1.82) is 0 Å². The van der Waals surface area contributed by atoms with Crippen molar-refractivity contribution < 1.29 is 9.90 Å². The van der Waals surface area contributed by atoms with Gasteiger partial charge in [0.25, 0.3) is 0 Å². The van der Waals surface area contributed by atoms with Crippen molar-refractivity contribution in [3.05, 3.63) is 12.2 Å². The van der Waals surface area contributed by atoms with E-state index in [1.807, 2.05) is 6.08 Å². The topological polar surface area (TPSA) is 37.3 Å². The number of aliphatic carboxylic acids is 1. The van der Waals surface area contributed by atoms with E-state index in [1.54, 1.807) is 13.0 Å². The molecule has 0 fully saturated rings. The first-order valence-corrected chi connectivity index (χ1v) is 9.08. The van der Waals surface area contributed by atoms with Crippen LogP contribution < -0.4 is 0 Å². The highest BCUT2D eigenvalue weighted by atomic mass is 16.4. The van der Waals surface area contributed by atoms with Crippen molar-refractivity contribution >= 4 is 5.97 Å². The van der Waals surface area contributed by atoms with E-state index in [-0.39, 0.29) is 5.92 Å². The molecular formula is C19H36O2. The van der Waals surface area contributed by atoms with Gasteiger partial charge >= 0.3 is 5.97 Å². The molecule has 0 amide bonds. The predicted molar refractivity (Wildman–Crippen MR) is 91.6 cm³/mol. The minimum Gasteiger partial charge on any atom is -0.481 e. The Hall–Kier alpha value is -0.790. The molecule has 0 heterocycles. The van der Waals surface area contributed by atoms with Gasteiger partial charge in [0.05, 0.1) is 5.92 Å². The zero-order valence-electron chi connectivity index (χ0n) is 14.3. The predicted octanol–water partition coefficient (Wildman–Crippen LogP) is 6.35. The number of hydrogen-bond acceptors (Lipinski definition) is 1. The van der Waals surface area contributed by atoms with Crippen molar-refractivity contribution in [1.82, 2.24) is 0 Å². The Balaban J connectivity index is 3.14. The molecule has 1 unspecified atom stereocenters. The zero-order chi connectivity index (χ0) is 15.8. The summed E-state index contributed by atoms with van der Waals surface area (Å²) >= 11 is 0. The molecule has 0 aliphatic heterocycles. The number of hydrogen-bond donors (Lipinski definition) is 1. The average molecular weight is 296 g/mol. The molecule has 0 aromatic heterocycles. The van der Waals surface area contributed by atoms with Gasteiger partial charge in [-0.15, -0.1) is 0 Å². The molecule has 21 heavy (non-hydrogen) atoms. The molecule has 0 aliphatic carbocycles. The average Bonchev–Trinajstić information content (AvgIpc) is 2.47. The molecule has 1 atom stereocenters. The summed E-state index contributed by atoms with van der Waals surface area (Å²) in [7, 11) is 0. The lowest BCUT2D eigenvalue weighted by molar-refractivity contribution is -0.139. The Morgan fingerprint density at radius 3 is 1.71 bits per heavy atom.